The van der Waals surface area contributed by atoms with Crippen molar-refractivity contribution in [3.05, 3.63) is 35.0 Å². The number of furan rings is 1. The average Bonchev–Trinajstić information content (AvgIpc) is 2.60. The zero-order chi connectivity index (χ0) is 11.9. The number of alkyl halides is 2. The molecule has 0 unspecified atom stereocenters. The van der Waals surface area contributed by atoms with E-state index in [1.807, 2.05) is 0 Å². The largest absolute Gasteiger partial charge is 0.454 e. The highest BCUT2D eigenvalue weighted by Gasteiger charge is 2.43. The SMILES string of the molecule is OC(O)C(F)(F)c1cc2cc(Cl)ccc2o1. The Morgan fingerprint density at radius 1 is 1.25 bits per heavy atom. The van der Waals surface area contributed by atoms with Gasteiger partial charge < -0.3 is 14.6 Å². The van der Waals surface area contributed by atoms with Crippen molar-refractivity contribution in [3.63, 3.8) is 0 Å². The number of aliphatic hydroxyl groups is 2. The molecule has 0 saturated carbocycles. The molecule has 2 rings (SSSR count). The topological polar surface area (TPSA) is 53.6 Å². The first-order chi connectivity index (χ1) is 7.41. The molecule has 6 heteroatoms. The Hall–Kier alpha value is -1.17. The molecule has 0 amide bonds. The lowest BCUT2D eigenvalue weighted by atomic mass is 10.2. The molecule has 86 valence electrons. The lowest BCUT2D eigenvalue weighted by Crippen LogP contribution is -2.29. The maximum atomic E-state index is 13.2. The normalized spacial score (nSPS) is 12.6. The van der Waals surface area contributed by atoms with Gasteiger partial charge in [-0.15, -0.1) is 0 Å². The van der Waals surface area contributed by atoms with Crippen LogP contribution in [0.1, 0.15) is 5.76 Å². The van der Waals surface area contributed by atoms with E-state index < -0.39 is 18.0 Å². The third-order valence-corrected chi connectivity index (χ3v) is 2.37. The molecule has 0 aliphatic heterocycles. The van der Waals surface area contributed by atoms with Crippen LogP contribution in [0.5, 0.6) is 0 Å². The fourth-order valence-electron chi connectivity index (χ4n) is 1.31. The second-order valence-electron chi connectivity index (χ2n) is 3.29. The van der Waals surface area contributed by atoms with Crippen molar-refractivity contribution in [2.75, 3.05) is 0 Å². The Kier molecular flexibility index (Phi) is 2.61. The van der Waals surface area contributed by atoms with Crippen molar-refractivity contribution in [3.8, 4) is 0 Å². The van der Waals surface area contributed by atoms with Crippen LogP contribution in [0.3, 0.4) is 0 Å². The molecule has 3 nitrogen and oxygen atoms in total. The minimum Gasteiger partial charge on any atom is -0.454 e. The third-order valence-electron chi connectivity index (χ3n) is 2.13. The first kappa shape index (κ1) is 11.3. The number of halogens is 3. The van der Waals surface area contributed by atoms with Gasteiger partial charge in [-0.05, 0) is 24.3 Å². The molecule has 0 aliphatic rings. The first-order valence-electron chi connectivity index (χ1n) is 4.35. The van der Waals surface area contributed by atoms with Crippen LogP contribution in [0.4, 0.5) is 8.78 Å². The van der Waals surface area contributed by atoms with Crippen molar-refractivity contribution in [2.45, 2.75) is 12.2 Å². The van der Waals surface area contributed by atoms with Crippen molar-refractivity contribution in [2.24, 2.45) is 0 Å². The van der Waals surface area contributed by atoms with E-state index in [0.29, 0.717) is 10.4 Å². The van der Waals surface area contributed by atoms with Crippen LogP contribution in [0.2, 0.25) is 5.02 Å². The number of benzene rings is 1. The Balaban J connectivity index is 2.55. The molecule has 0 aliphatic carbocycles. The Labute approximate surface area is 93.9 Å². The van der Waals surface area contributed by atoms with Crippen LogP contribution < -0.4 is 0 Å². The van der Waals surface area contributed by atoms with E-state index in [-0.39, 0.29) is 5.58 Å². The predicted molar refractivity (Wildman–Crippen MR) is 53.3 cm³/mol. The lowest BCUT2D eigenvalue weighted by Gasteiger charge is -2.14. The molecule has 2 N–H and O–H groups in total. The van der Waals surface area contributed by atoms with E-state index >= 15 is 0 Å². The molecular formula is C10H7ClF2O3. The van der Waals surface area contributed by atoms with Gasteiger partial charge in [-0.25, -0.2) is 0 Å². The quantitative estimate of drug-likeness (QED) is 0.803. The fraction of sp³-hybridized carbons (Fsp3) is 0.200. The first-order valence-corrected chi connectivity index (χ1v) is 4.72. The van der Waals surface area contributed by atoms with Crippen molar-refractivity contribution >= 4 is 22.6 Å². The summed E-state index contributed by atoms with van der Waals surface area (Å²) >= 11 is 5.68. The second-order valence-corrected chi connectivity index (χ2v) is 3.73. The van der Waals surface area contributed by atoms with Gasteiger partial charge in [-0.1, -0.05) is 11.6 Å². The summed E-state index contributed by atoms with van der Waals surface area (Å²) in [5, 5.41) is 17.8. The molecule has 1 aromatic heterocycles. The maximum Gasteiger partial charge on any atom is 0.353 e. The monoisotopic (exact) mass is 248 g/mol. The van der Waals surface area contributed by atoms with E-state index in [1.165, 1.54) is 18.2 Å². The van der Waals surface area contributed by atoms with Crippen LogP contribution in [0.25, 0.3) is 11.0 Å². The molecule has 1 aromatic carbocycles. The molecule has 0 atom stereocenters. The fourth-order valence-corrected chi connectivity index (χ4v) is 1.49. The molecule has 0 bridgehead atoms. The smallest absolute Gasteiger partial charge is 0.353 e. The average molecular weight is 249 g/mol. The van der Waals surface area contributed by atoms with E-state index in [9.17, 15) is 8.78 Å². The van der Waals surface area contributed by atoms with Gasteiger partial charge in [0.05, 0.1) is 0 Å². The standard InChI is InChI=1S/C10H7ClF2O3/c11-6-1-2-7-5(3-6)4-8(16-7)10(12,13)9(14)15/h1-4,9,14-15H. The molecular weight excluding hydrogens is 242 g/mol. The molecule has 2 aromatic rings. The number of hydrogen-bond acceptors (Lipinski definition) is 3. The van der Waals surface area contributed by atoms with Gasteiger partial charge in [-0.2, -0.15) is 8.78 Å². The van der Waals surface area contributed by atoms with Crippen molar-refractivity contribution < 1.29 is 23.4 Å². The number of fused-ring (bicyclic) bond motifs is 1. The zero-order valence-electron chi connectivity index (χ0n) is 7.82. The molecule has 0 radical (unpaired) electrons. The van der Waals surface area contributed by atoms with Gasteiger partial charge in [0.15, 0.2) is 5.76 Å². The Morgan fingerprint density at radius 3 is 2.56 bits per heavy atom. The van der Waals surface area contributed by atoms with E-state index in [2.05, 4.69) is 0 Å². The summed E-state index contributed by atoms with van der Waals surface area (Å²) < 4.78 is 31.2. The third kappa shape index (κ3) is 1.77. The molecule has 16 heavy (non-hydrogen) atoms. The summed E-state index contributed by atoms with van der Waals surface area (Å²) in [7, 11) is 0. The van der Waals surface area contributed by atoms with Crippen LogP contribution >= 0.6 is 11.6 Å². The van der Waals surface area contributed by atoms with Gasteiger partial charge in [0, 0.05) is 10.4 Å². The van der Waals surface area contributed by atoms with Gasteiger partial charge >= 0.3 is 5.92 Å². The summed E-state index contributed by atoms with van der Waals surface area (Å²) in [6.07, 6.45) is -2.80. The number of aliphatic hydroxyl groups excluding tert-OH is 1. The van der Waals surface area contributed by atoms with Gasteiger partial charge in [-0.3, -0.25) is 0 Å². The number of rotatable bonds is 2. The summed E-state index contributed by atoms with van der Waals surface area (Å²) in [5.74, 6) is -4.65. The van der Waals surface area contributed by atoms with E-state index in [0.717, 1.165) is 6.07 Å². The van der Waals surface area contributed by atoms with Crippen LogP contribution in [0, 0.1) is 0 Å². The summed E-state index contributed by atoms with van der Waals surface area (Å²) in [6, 6.07) is 5.40. The lowest BCUT2D eigenvalue weighted by molar-refractivity contribution is -0.222. The Morgan fingerprint density at radius 2 is 1.94 bits per heavy atom. The van der Waals surface area contributed by atoms with Gasteiger partial charge in [0.2, 0.25) is 6.29 Å². The molecule has 0 spiro atoms. The van der Waals surface area contributed by atoms with E-state index in [1.54, 1.807) is 0 Å². The minimum atomic E-state index is -3.84. The van der Waals surface area contributed by atoms with Crippen molar-refractivity contribution in [1.29, 1.82) is 0 Å². The second kappa shape index (κ2) is 3.69. The predicted octanol–water partition coefficient (Wildman–Crippen LogP) is 2.49. The number of hydrogen-bond donors (Lipinski definition) is 2. The molecule has 1 heterocycles. The maximum absolute atomic E-state index is 13.2. The van der Waals surface area contributed by atoms with E-state index in [4.69, 9.17) is 26.2 Å². The highest BCUT2D eigenvalue weighted by molar-refractivity contribution is 6.31. The summed E-state index contributed by atoms with van der Waals surface area (Å²) in [6.45, 7) is 0. The van der Waals surface area contributed by atoms with Crippen molar-refractivity contribution in [1.82, 2.24) is 0 Å². The zero-order valence-corrected chi connectivity index (χ0v) is 8.58. The Bertz CT molecular complexity index is 522. The highest BCUT2D eigenvalue weighted by atomic mass is 35.5. The summed E-state index contributed by atoms with van der Waals surface area (Å²) in [5.41, 5.74) is 0.208. The van der Waals surface area contributed by atoms with Crippen LogP contribution in [0.15, 0.2) is 28.7 Å². The highest BCUT2D eigenvalue weighted by Crippen LogP contribution is 2.35. The summed E-state index contributed by atoms with van der Waals surface area (Å²) in [4.78, 5) is 0. The van der Waals surface area contributed by atoms with Gasteiger partial charge in [0.1, 0.15) is 5.58 Å². The van der Waals surface area contributed by atoms with Crippen LogP contribution in [-0.4, -0.2) is 16.5 Å². The minimum absolute atomic E-state index is 0.208. The molecule has 0 fully saturated rings. The van der Waals surface area contributed by atoms with Crippen LogP contribution in [-0.2, 0) is 5.92 Å². The van der Waals surface area contributed by atoms with Gasteiger partial charge in [0.25, 0.3) is 0 Å². The molecule has 0 saturated heterocycles.